The van der Waals surface area contributed by atoms with Gasteiger partial charge >= 0.3 is 6.03 Å². The zero-order valence-electron chi connectivity index (χ0n) is 14.5. The molecule has 0 radical (unpaired) electrons. The van der Waals surface area contributed by atoms with Gasteiger partial charge in [-0.25, -0.2) is 4.79 Å². The van der Waals surface area contributed by atoms with Gasteiger partial charge in [-0.1, -0.05) is 0 Å². The summed E-state index contributed by atoms with van der Waals surface area (Å²) in [5.74, 6) is 0.763. The minimum Gasteiger partial charge on any atom is -0.467 e. The average molecular weight is 325 g/mol. The molecule has 0 saturated heterocycles. The van der Waals surface area contributed by atoms with Crippen molar-refractivity contribution in [2.75, 3.05) is 12.4 Å². The van der Waals surface area contributed by atoms with Gasteiger partial charge in [0, 0.05) is 35.9 Å². The molecule has 2 aromatic heterocycles. The first-order valence-electron chi connectivity index (χ1n) is 8.18. The number of nitrogens with one attached hydrogen (secondary N) is 1. The van der Waals surface area contributed by atoms with Crippen LogP contribution >= 0.6 is 0 Å². The smallest absolute Gasteiger partial charge is 0.322 e. The standard InChI is InChI=1S/C19H23N3O2/c1-5-22-13(2)11-15-12-16(8-9-17(15)22)20-19(23)21(4)14(3)18-7-6-10-24-18/h6-12,14H,5H2,1-4H3,(H,20,23)/t14-/m1/s1. The van der Waals surface area contributed by atoms with Crippen LogP contribution in [0.2, 0.25) is 0 Å². The van der Waals surface area contributed by atoms with Crippen LogP contribution in [0.1, 0.15) is 31.3 Å². The summed E-state index contributed by atoms with van der Waals surface area (Å²) in [5, 5.41) is 4.09. The molecule has 2 amide bonds. The normalized spacial score (nSPS) is 12.3. The highest BCUT2D eigenvalue weighted by atomic mass is 16.3. The molecule has 0 aliphatic rings. The molecule has 1 atom stereocenters. The summed E-state index contributed by atoms with van der Waals surface area (Å²) in [6.07, 6.45) is 1.62. The number of urea groups is 1. The van der Waals surface area contributed by atoms with Crippen LogP contribution in [0.4, 0.5) is 10.5 Å². The third kappa shape index (κ3) is 2.89. The molecular weight excluding hydrogens is 302 g/mol. The Hall–Kier alpha value is -2.69. The quantitative estimate of drug-likeness (QED) is 0.750. The third-order valence-corrected chi connectivity index (χ3v) is 4.53. The Morgan fingerprint density at radius 3 is 2.79 bits per heavy atom. The van der Waals surface area contributed by atoms with E-state index in [-0.39, 0.29) is 12.1 Å². The van der Waals surface area contributed by atoms with E-state index in [1.807, 2.05) is 31.2 Å². The first-order valence-corrected chi connectivity index (χ1v) is 8.18. The van der Waals surface area contributed by atoms with Crippen molar-refractivity contribution in [1.82, 2.24) is 9.47 Å². The molecule has 0 spiro atoms. The molecule has 3 aromatic rings. The maximum Gasteiger partial charge on any atom is 0.322 e. The summed E-state index contributed by atoms with van der Waals surface area (Å²) in [6, 6.07) is 11.6. The van der Waals surface area contributed by atoms with Crippen LogP contribution in [-0.4, -0.2) is 22.5 Å². The topological polar surface area (TPSA) is 50.4 Å². The fourth-order valence-corrected chi connectivity index (χ4v) is 3.01. The summed E-state index contributed by atoms with van der Waals surface area (Å²) < 4.78 is 7.63. The average Bonchev–Trinajstić information content (AvgIpc) is 3.19. The molecule has 1 aromatic carbocycles. The van der Waals surface area contributed by atoms with E-state index in [0.717, 1.165) is 23.4 Å². The number of hydrogen-bond donors (Lipinski definition) is 1. The van der Waals surface area contributed by atoms with Crippen LogP contribution in [0.5, 0.6) is 0 Å². The maximum absolute atomic E-state index is 12.5. The van der Waals surface area contributed by atoms with Gasteiger partial charge in [-0.2, -0.15) is 0 Å². The molecule has 0 aliphatic heterocycles. The van der Waals surface area contributed by atoms with Gasteiger partial charge in [0.25, 0.3) is 0 Å². The number of fused-ring (bicyclic) bond motifs is 1. The Morgan fingerprint density at radius 1 is 1.33 bits per heavy atom. The lowest BCUT2D eigenvalue weighted by Gasteiger charge is -2.23. The Balaban J connectivity index is 1.78. The molecule has 5 heteroatoms. The van der Waals surface area contributed by atoms with E-state index in [4.69, 9.17) is 4.42 Å². The second-order valence-corrected chi connectivity index (χ2v) is 6.04. The van der Waals surface area contributed by atoms with E-state index in [0.29, 0.717) is 0 Å². The second-order valence-electron chi connectivity index (χ2n) is 6.04. The summed E-state index contributed by atoms with van der Waals surface area (Å²) >= 11 is 0. The SMILES string of the molecule is CCn1c(C)cc2cc(NC(=O)N(C)[C@H](C)c3ccco3)ccc21. The van der Waals surface area contributed by atoms with Gasteiger partial charge in [0.15, 0.2) is 0 Å². The second kappa shape index (κ2) is 6.43. The number of hydrogen-bond acceptors (Lipinski definition) is 2. The number of amides is 2. The number of carbonyl (C=O) groups is 1. The Labute approximate surface area is 141 Å². The Morgan fingerprint density at radius 2 is 2.12 bits per heavy atom. The van der Waals surface area contributed by atoms with Crippen LogP contribution in [-0.2, 0) is 6.54 Å². The van der Waals surface area contributed by atoms with E-state index in [1.165, 1.54) is 11.2 Å². The summed E-state index contributed by atoms with van der Waals surface area (Å²) in [6.45, 7) is 7.10. The number of aryl methyl sites for hydroxylation is 2. The number of nitrogens with zero attached hydrogens (tertiary/aromatic N) is 2. The number of carbonyl (C=O) groups excluding carboxylic acids is 1. The van der Waals surface area contributed by atoms with Crippen LogP contribution in [0.15, 0.2) is 47.1 Å². The van der Waals surface area contributed by atoms with Crippen LogP contribution < -0.4 is 5.32 Å². The fourth-order valence-electron chi connectivity index (χ4n) is 3.01. The molecule has 0 saturated carbocycles. The third-order valence-electron chi connectivity index (χ3n) is 4.53. The predicted molar refractivity (Wildman–Crippen MR) is 96.3 cm³/mol. The molecule has 0 aliphatic carbocycles. The zero-order chi connectivity index (χ0) is 17.3. The van der Waals surface area contributed by atoms with Gasteiger partial charge in [-0.05, 0) is 57.2 Å². The van der Waals surface area contributed by atoms with Gasteiger partial charge < -0.3 is 19.2 Å². The highest BCUT2D eigenvalue weighted by molar-refractivity contribution is 5.93. The maximum atomic E-state index is 12.5. The minimum absolute atomic E-state index is 0.132. The molecule has 1 N–H and O–H groups in total. The minimum atomic E-state index is -0.162. The van der Waals surface area contributed by atoms with Crippen molar-refractivity contribution in [2.45, 2.75) is 33.4 Å². The van der Waals surface area contributed by atoms with Crippen LogP contribution in [0, 0.1) is 6.92 Å². The molecular formula is C19H23N3O2. The van der Waals surface area contributed by atoms with Gasteiger partial charge in [0.05, 0.1) is 12.3 Å². The summed E-state index contributed by atoms with van der Waals surface area (Å²) in [7, 11) is 1.76. The number of aromatic nitrogens is 1. The molecule has 5 nitrogen and oxygen atoms in total. The molecule has 0 unspecified atom stereocenters. The fraction of sp³-hybridized carbons (Fsp3) is 0.316. The molecule has 0 fully saturated rings. The predicted octanol–water partition coefficient (Wildman–Crippen LogP) is 4.79. The number of benzene rings is 1. The van der Waals surface area contributed by atoms with E-state index in [9.17, 15) is 4.79 Å². The lowest BCUT2D eigenvalue weighted by atomic mass is 10.2. The lowest BCUT2D eigenvalue weighted by Crippen LogP contribution is -2.33. The number of furan rings is 1. The highest BCUT2D eigenvalue weighted by Gasteiger charge is 2.19. The van der Waals surface area contributed by atoms with Gasteiger partial charge in [0.1, 0.15) is 5.76 Å². The summed E-state index contributed by atoms with van der Waals surface area (Å²) in [4.78, 5) is 14.1. The molecule has 2 heterocycles. The van der Waals surface area contributed by atoms with Gasteiger partial charge in [-0.15, -0.1) is 0 Å². The van der Waals surface area contributed by atoms with Crippen molar-refractivity contribution < 1.29 is 9.21 Å². The van der Waals surface area contributed by atoms with Crippen molar-refractivity contribution in [2.24, 2.45) is 0 Å². The largest absolute Gasteiger partial charge is 0.467 e. The molecule has 3 rings (SSSR count). The van der Waals surface area contributed by atoms with Crippen LogP contribution in [0.3, 0.4) is 0 Å². The summed E-state index contributed by atoms with van der Waals surface area (Å²) in [5.41, 5.74) is 3.20. The van der Waals surface area contributed by atoms with Crippen molar-refractivity contribution in [3.05, 3.63) is 54.1 Å². The van der Waals surface area contributed by atoms with E-state index >= 15 is 0 Å². The van der Waals surface area contributed by atoms with E-state index in [1.54, 1.807) is 18.2 Å². The Kier molecular flexibility index (Phi) is 4.34. The number of anilines is 1. The van der Waals surface area contributed by atoms with Crippen molar-refractivity contribution in [3.8, 4) is 0 Å². The van der Waals surface area contributed by atoms with Crippen molar-refractivity contribution >= 4 is 22.6 Å². The van der Waals surface area contributed by atoms with Crippen molar-refractivity contribution in [1.29, 1.82) is 0 Å². The first kappa shape index (κ1) is 16.2. The van der Waals surface area contributed by atoms with Gasteiger partial charge in [0.2, 0.25) is 0 Å². The van der Waals surface area contributed by atoms with E-state index in [2.05, 4.69) is 35.9 Å². The monoisotopic (exact) mass is 325 g/mol. The molecule has 0 bridgehead atoms. The van der Waals surface area contributed by atoms with Crippen LogP contribution in [0.25, 0.3) is 10.9 Å². The molecule has 24 heavy (non-hydrogen) atoms. The Bertz CT molecular complexity index is 849. The molecule has 126 valence electrons. The lowest BCUT2D eigenvalue weighted by molar-refractivity contribution is 0.201. The van der Waals surface area contributed by atoms with Gasteiger partial charge in [-0.3, -0.25) is 0 Å². The van der Waals surface area contributed by atoms with Crippen molar-refractivity contribution in [3.63, 3.8) is 0 Å². The number of rotatable bonds is 4. The zero-order valence-corrected chi connectivity index (χ0v) is 14.5. The first-order chi connectivity index (χ1) is 11.5. The highest BCUT2D eigenvalue weighted by Crippen LogP contribution is 2.24. The van der Waals surface area contributed by atoms with E-state index < -0.39 is 0 Å².